The molecule has 0 aliphatic carbocycles. The Bertz CT molecular complexity index is 650. The van der Waals surface area contributed by atoms with Gasteiger partial charge in [-0.05, 0) is 37.3 Å². The predicted molar refractivity (Wildman–Crippen MR) is 73.6 cm³/mol. The first-order valence-electron chi connectivity index (χ1n) is 5.75. The first kappa shape index (κ1) is 13.3. The molecular weight excluding hydrogens is 266 g/mol. The van der Waals surface area contributed by atoms with Crippen molar-refractivity contribution in [3.63, 3.8) is 0 Å². The summed E-state index contributed by atoms with van der Waals surface area (Å²) in [5.41, 5.74) is 0.576. The van der Waals surface area contributed by atoms with E-state index in [1.807, 2.05) is 0 Å². The summed E-state index contributed by atoms with van der Waals surface area (Å²) in [6.45, 7) is 2.20. The highest BCUT2D eigenvalue weighted by Gasteiger charge is 2.09. The molecule has 2 rings (SSSR count). The fourth-order valence-corrected chi connectivity index (χ4v) is 1.65. The third-order valence-electron chi connectivity index (χ3n) is 2.50. The molecule has 1 N–H and O–H groups in total. The smallest absolute Gasteiger partial charge is 0.276 e. The maximum absolute atomic E-state index is 12.0. The van der Waals surface area contributed by atoms with Crippen LogP contribution in [0, 0.1) is 0 Å². The third-order valence-corrected chi connectivity index (χ3v) is 2.75. The Labute approximate surface area is 114 Å². The van der Waals surface area contributed by atoms with Gasteiger partial charge in [-0.15, -0.1) is 0 Å². The topological polar surface area (TPSA) is 64.0 Å². The van der Waals surface area contributed by atoms with Crippen molar-refractivity contribution in [2.75, 3.05) is 5.32 Å². The minimum Gasteiger partial charge on any atom is -0.321 e. The van der Waals surface area contributed by atoms with Crippen molar-refractivity contribution in [2.24, 2.45) is 0 Å². The lowest BCUT2D eigenvalue weighted by Crippen LogP contribution is -2.25. The maximum atomic E-state index is 12.0. The minimum atomic E-state index is -0.371. The number of aryl methyl sites for hydroxylation is 1. The van der Waals surface area contributed by atoms with Crippen molar-refractivity contribution in [1.29, 1.82) is 0 Å². The number of carbonyl (C=O) groups is 1. The van der Waals surface area contributed by atoms with Gasteiger partial charge in [-0.3, -0.25) is 9.59 Å². The Morgan fingerprint density at radius 2 is 1.95 bits per heavy atom. The molecule has 0 atom stereocenters. The number of amides is 1. The van der Waals surface area contributed by atoms with Gasteiger partial charge in [0.1, 0.15) is 5.69 Å². The van der Waals surface area contributed by atoms with Gasteiger partial charge < -0.3 is 5.32 Å². The largest absolute Gasteiger partial charge is 0.321 e. The van der Waals surface area contributed by atoms with E-state index in [2.05, 4.69) is 10.4 Å². The Balaban J connectivity index is 2.20. The summed E-state index contributed by atoms with van der Waals surface area (Å²) in [4.78, 5) is 23.3. The summed E-state index contributed by atoms with van der Waals surface area (Å²) >= 11 is 5.76. The zero-order chi connectivity index (χ0) is 13.8. The monoisotopic (exact) mass is 277 g/mol. The van der Waals surface area contributed by atoms with Crippen LogP contribution in [0.15, 0.2) is 41.2 Å². The van der Waals surface area contributed by atoms with Gasteiger partial charge in [0.25, 0.3) is 11.5 Å². The molecule has 2 aromatic rings. The molecule has 1 aromatic heterocycles. The second-order valence-corrected chi connectivity index (χ2v) is 4.27. The number of rotatable bonds is 3. The molecule has 98 valence electrons. The Kier molecular flexibility index (Phi) is 3.97. The number of hydrogen-bond acceptors (Lipinski definition) is 3. The van der Waals surface area contributed by atoms with Crippen molar-refractivity contribution in [1.82, 2.24) is 9.78 Å². The molecule has 19 heavy (non-hydrogen) atoms. The summed E-state index contributed by atoms with van der Waals surface area (Å²) in [5, 5.41) is 7.24. The van der Waals surface area contributed by atoms with E-state index in [1.54, 1.807) is 31.2 Å². The van der Waals surface area contributed by atoms with Crippen LogP contribution in [0.25, 0.3) is 0 Å². The molecule has 6 heteroatoms. The normalized spacial score (nSPS) is 10.2. The lowest BCUT2D eigenvalue weighted by atomic mass is 10.3. The molecule has 0 saturated heterocycles. The van der Waals surface area contributed by atoms with Crippen LogP contribution in [0.1, 0.15) is 17.4 Å². The zero-order valence-electron chi connectivity index (χ0n) is 10.3. The van der Waals surface area contributed by atoms with Gasteiger partial charge in [0, 0.05) is 23.3 Å². The fraction of sp³-hybridized carbons (Fsp3) is 0.154. The van der Waals surface area contributed by atoms with E-state index in [0.29, 0.717) is 17.3 Å². The second-order valence-electron chi connectivity index (χ2n) is 3.83. The third kappa shape index (κ3) is 3.20. The molecular formula is C13H12ClN3O2. The van der Waals surface area contributed by atoms with Gasteiger partial charge >= 0.3 is 0 Å². The van der Waals surface area contributed by atoms with E-state index in [-0.39, 0.29) is 17.2 Å². The Hall–Kier alpha value is -2.14. The summed E-state index contributed by atoms with van der Waals surface area (Å²) in [6, 6.07) is 9.47. The van der Waals surface area contributed by atoms with E-state index >= 15 is 0 Å². The zero-order valence-corrected chi connectivity index (χ0v) is 11.0. The van der Waals surface area contributed by atoms with E-state index in [0.717, 1.165) is 0 Å². The Morgan fingerprint density at radius 1 is 1.26 bits per heavy atom. The van der Waals surface area contributed by atoms with Gasteiger partial charge in [0.15, 0.2) is 0 Å². The van der Waals surface area contributed by atoms with Crippen LogP contribution in [-0.2, 0) is 6.54 Å². The number of benzene rings is 1. The van der Waals surface area contributed by atoms with Crippen LogP contribution in [0.5, 0.6) is 0 Å². The highest BCUT2D eigenvalue weighted by atomic mass is 35.5. The number of hydrogen-bond donors (Lipinski definition) is 1. The first-order chi connectivity index (χ1) is 9.10. The molecule has 0 fully saturated rings. The van der Waals surface area contributed by atoms with Crippen LogP contribution in [0.2, 0.25) is 5.02 Å². The molecule has 5 nitrogen and oxygen atoms in total. The number of aromatic nitrogens is 2. The van der Waals surface area contributed by atoms with E-state index in [4.69, 9.17) is 11.6 Å². The first-order valence-corrected chi connectivity index (χ1v) is 6.13. The van der Waals surface area contributed by atoms with Crippen LogP contribution in [0.4, 0.5) is 5.69 Å². The maximum Gasteiger partial charge on any atom is 0.276 e. The molecule has 1 aromatic carbocycles. The van der Waals surface area contributed by atoms with Gasteiger partial charge in [-0.2, -0.15) is 5.10 Å². The predicted octanol–water partition coefficient (Wildman–Crippen LogP) is 2.17. The lowest BCUT2D eigenvalue weighted by Gasteiger charge is -2.06. The van der Waals surface area contributed by atoms with Crippen molar-refractivity contribution >= 4 is 23.2 Å². The number of carbonyl (C=O) groups excluding carboxylic acids is 1. The second kappa shape index (κ2) is 5.67. The summed E-state index contributed by atoms with van der Waals surface area (Å²) in [7, 11) is 0. The molecule has 0 bridgehead atoms. The van der Waals surface area contributed by atoms with Crippen molar-refractivity contribution in [3.05, 3.63) is 57.5 Å². The van der Waals surface area contributed by atoms with E-state index in [1.165, 1.54) is 16.8 Å². The molecule has 0 radical (unpaired) electrons. The molecule has 0 aliphatic rings. The van der Waals surface area contributed by atoms with Gasteiger partial charge in [0.05, 0.1) is 0 Å². The number of anilines is 1. The van der Waals surface area contributed by atoms with Crippen LogP contribution in [0.3, 0.4) is 0 Å². The summed E-state index contributed by atoms with van der Waals surface area (Å²) in [6.07, 6.45) is 0. The average molecular weight is 278 g/mol. The molecule has 0 aliphatic heterocycles. The SMILES string of the molecule is CCn1nc(C(=O)Nc2ccc(Cl)cc2)ccc1=O. The summed E-state index contributed by atoms with van der Waals surface area (Å²) < 4.78 is 1.23. The van der Waals surface area contributed by atoms with Crippen LogP contribution >= 0.6 is 11.6 Å². The van der Waals surface area contributed by atoms with Gasteiger partial charge in [-0.25, -0.2) is 4.68 Å². The van der Waals surface area contributed by atoms with Crippen LogP contribution in [-0.4, -0.2) is 15.7 Å². The highest BCUT2D eigenvalue weighted by molar-refractivity contribution is 6.30. The van der Waals surface area contributed by atoms with Crippen molar-refractivity contribution in [3.8, 4) is 0 Å². The minimum absolute atomic E-state index is 0.191. The molecule has 0 unspecified atom stereocenters. The molecule has 1 heterocycles. The Morgan fingerprint density at radius 3 is 2.58 bits per heavy atom. The number of nitrogens with one attached hydrogen (secondary N) is 1. The average Bonchev–Trinajstić information content (AvgIpc) is 2.42. The fourth-order valence-electron chi connectivity index (χ4n) is 1.52. The molecule has 1 amide bonds. The lowest BCUT2D eigenvalue weighted by molar-refractivity contribution is 0.102. The summed E-state index contributed by atoms with van der Waals surface area (Å²) in [5.74, 6) is -0.371. The van der Waals surface area contributed by atoms with Gasteiger partial charge in [0.2, 0.25) is 0 Å². The van der Waals surface area contributed by atoms with E-state index < -0.39 is 0 Å². The number of halogens is 1. The molecule has 0 saturated carbocycles. The van der Waals surface area contributed by atoms with Gasteiger partial charge in [-0.1, -0.05) is 11.6 Å². The van der Waals surface area contributed by atoms with E-state index in [9.17, 15) is 9.59 Å². The van der Waals surface area contributed by atoms with Crippen molar-refractivity contribution < 1.29 is 4.79 Å². The van der Waals surface area contributed by atoms with Crippen LogP contribution < -0.4 is 10.9 Å². The standard InChI is InChI=1S/C13H12ClN3O2/c1-2-17-12(18)8-7-11(16-17)13(19)15-10-5-3-9(14)4-6-10/h3-8H,2H2,1H3,(H,15,19). The quantitative estimate of drug-likeness (QED) is 0.935. The molecule has 0 spiro atoms. The highest BCUT2D eigenvalue weighted by Crippen LogP contribution is 2.13. The number of nitrogens with zero attached hydrogens (tertiary/aromatic N) is 2. The van der Waals surface area contributed by atoms with Crippen molar-refractivity contribution in [2.45, 2.75) is 13.5 Å².